The lowest BCUT2D eigenvalue weighted by Gasteiger charge is -2.27. The van der Waals surface area contributed by atoms with Gasteiger partial charge in [0.1, 0.15) is 11.2 Å². The molecule has 0 amide bonds. The van der Waals surface area contributed by atoms with E-state index in [1.807, 2.05) is 0 Å². The van der Waals surface area contributed by atoms with Gasteiger partial charge in [0.05, 0.1) is 0 Å². The number of hydrogen-bond donors (Lipinski definition) is 1. The molecule has 0 unspecified atom stereocenters. The van der Waals surface area contributed by atoms with Gasteiger partial charge in [0, 0.05) is 5.41 Å². The van der Waals surface area contributed by atoms with Crippen LogP contribution in [0.1, 0.15) is 62.3 Å². The highest BCUT2D eigenvalue weighted by atomic mass is 17.2. The quantitative estimate of drug-likeness (QED) is 0.360. The minimum atomic E-state index is -1.29. The van der Waals surface area contributed by atoms with Crippen molar-refractivity contribution in [2.24, 2.45) is 5.41 Å². The van der Waals surface area contributed by atoms with Crippen molar-refractivity contribution in [1.82, 2.24) is 0 Å². The van der Waals surface area contributed by atoms with Crippen molar-refractivity contribution in [3.8, 4) is 0 Å². The molecule has 21 heavy (non-hydrogen) atoms. The summed E-state index contributed by atoms with van der Waals surface area (Å²) in [5, 5.41) is 9.33. The van der Waals surface area contributed by atoms with Crippen LogP contribution >= 0.6 is 0 Å². The molecule has 0 rings (SSSR count). The van der Waals surface area contributed by atoms with Gasteiger partial charge in [-0.1, -0.05) is 20.8 Å². The number of hydrogen-bond acceptors (Lipinski definition) is 5. The Kier molecular flexibility index (Phi) is 6.26. The molecule has 124 valence electrons. The van der Waals surface area contributed by atoms with Crippen LogP contribution in [0.25, 0.3) is 0 Å². The molecular formula is C15H28O6. The highest BCUT2D eigenvalue weighted by Gasteiger charge is 2.33. The van der Waals surface area contributed by atoms with Crippen LogP contribution in [-0.4, -0.2) is 22.3 Å². The summed E-state index contributed by atoms with van der Waals surface area (Å²) >= 11 is 0. The summed E-state index contributed by atoms with van der Waals surface area (Å²) in [5.41, 5.74) is -1.89. The molecule has 0 aromatic rings. The Bertz CT molecular complexity index is 390. The molecule has 0 atom stereocenters. The molecule has 0 fully saturated rings. The van der Waals surface area contributed by atoms with Gasteiger partial charge in [0.2, 0.25) is 5.76 Å². The molecule has 0 radical (unpaired) electrons. The highest BCUT2D eigenvalue weighted by molar-refractivity contribution is 5.84. The van der Waals surface area contributed by atoms with E-state index in [0.29, 0.717) is 0 Å². The first-order valence-electron chi connectivity index (χ1n) is 6.83. The maximum atomic E-state index is 11.4. The van der Waals surface area contributed by atoms with E-state index in [0.717, 1.165) is 0 Å². The Morgan fingerprint density at radius 1 is 0.762 bits per heavy atom. The van der Waals surface area contributed by atoms with Crippen molar-refractivity contribution in [1.29, 1.82) is 0 Å². The van der Waals surface area contributed by atoms with E-state index in [2.05, 4.69) is 0 Å². The van der Waals surface area contributed by atoms with E-state index in [1.54, 1.807) is 62.3 Å². The Morgan fingerprint density at radius 2 is 1.14 bits per heavy atom. The molecule has 6 nitrogen and oxygen atoms in total. The number of allylic oxidation sites excluding steroid dienone is 1. The number of rotatable bonds is 5. The van der Waals surface area contributed by atoms with Gasteiger partial charge in [-0.15, -0.1) is 0 Å². The van der Waals surface area contributed by atoms with E-state index in [9.17, 15) is 9.90 Å². The average molecular weight is 304 g/mol. The minimum Gasteiger partial charge on any atom is -0.475 e. The SMILES string of the molecule is CC(C)(C)OOC(C(=O)O)=C(OOC(C)(C)C)C(C)(C)C. The topological polar surface area (TPSA) is 74.2 Å². The van der Waals surface area contributed by atoms with Crippen molar-refractivity contribution < 1.29 is 29.5 Å². The fourth-order valence-electron chi connectivity index (χ4n) is 1.01. The zero-order chi connectivity index (χ0) is 17.1. The van der Waals surface area contributed by atoms with E-state index >= 15 is 0 Å². The molecule has 6 heteroatoms. The van der Waals surface area contributed by atoms with Crippen molar-refractivity contribution in [3.05, 3.63) is 11.5 Å². The molecule has 0 saturated heterocycles. The van der Waals surface area contributed by atoms with Crippen LogP contribution < -0.4 is 0 Å². The van der Waals surface area contributed by atoms with Crippen LogP contribution in [0.5, 0.6) is 0 Å². The van der Waals surface area contributed by atoms with E-state index in [4.69, 9.17) is 19.6 Å². The predicted octanol–water partition coefficient (Wildman–Crippen LogP) is 3.82. The summed E-state index contributed by atoms with van der Waals surface area (Å²) in [7, 11) is 0. The summed E-state index contributed by atoms with van der Waals surface area (Å²) in [4.78, 5) is 32.0. The minimum absolute atomic E-state index is 0.0502. The summed E-state index contributed by atoms with van der Waals surface area (Å²) < 4.78 is 0. The van der Waals surface area contributed by atoms with Gasteiger partial charge in [-0.05, 0) is 41.5 Å². The number of aliphatic carboxylic acids is 1. The third-order valence-electron chi connectivity index (χ3n) is 1.83. The standard InChI is InChI=1S/C15H28O6/c1-13(2,3)11(19-21-15(7,8)9)10(12(16)17)18-20-14(4,5)6/h1-9H3,(H,16,17). The largest absolute Gasteiger partial charge is 0.475 e. The summed E-state index contributed by atoms with van der Waals surface area (Å²) in [5.74, 6) is -1.67. The maximum absolute atomic E-state index is 11.4. The predicted molar refractivity (Wildman–Crippen MR) is 78.0 cm³/mol. The first-order valence-corrected chi connectivity index (χ1v) is 6.83. The third-order valence-corrected chi connectivity index (χ3v) is 1.83. The summed E-state index contributed by atoms with van der Waals surface area (Å²) in [6.45, 7) is 16.0. The molecule has 0 aromatic heterocycles. The molecule has 0 bridgehead atoms. The van der Waals surface area contributed by atoms with Gasteiger partial charge < -0.3 is 14.9 Å². The third kappa shape index (κ3) is 8.57. The van der Waals surface area contributed by atoms with Gasteiger partial charge >= 0.3 is 5.97 Å². The lowest BCUT2D eigenvalue weighted by atomic mass is 9.93. The summed E-state index contributed by atoms with van der Waals surface area (Å²) in [6.07, 6.45) is 0. The van der Waals surface area contributed by atoms with Gasteiger partial charge in [0.15, 0.2) is 0 Å². The van der Waals surface area contributed by atoms with Crippen LogP contribution in [0.2, 0.25) is 0 Å². The Labute approximate surface area is 126 Å². The lowest BCUT2D eigenvalue weighted by molar-refractivity contribution is -0.348. The molecule has 0 aliphatic heterocycles. The highest BCUT2D eigenvalue weighted by Crippen LogP contribution is 2.32. The van der Waals surface area contributed by atoms with Crippen molar-refractivity contribution in [2.45, 2.75) is 73.5 Å². The van der Waals surface area contributed by atoms with Crippen LogP contribution in [0.15, 0.2) is 11.5 Å². The Hall–Kier alpha value is -1.27. The monoisotopic (exact) mass is 304 g/mol. The number of carboxylic acid groups (broad SMARTS) is 1. The van der Waals surface area contributed by atoms with Crippen LogP contribution in [0.4, 0.5) is 0 Å². The fourth-order valence-corrected chi connectivity index (χ4v) is 1.01. The van der Waals surface area contributed by atoms with Gasteiger partial charge in [-0.2, -0.15) is 9.78 Å². The van der Waals surface area contributed by atoms with Crippen LogP contribution in [0.3, 0.4) is 0 Å². The molecule has 0 heterocycles. The van der Waals surface area contributed by atoms with Crippen LogP contribution in [0, 0.1) is 5.41 Å². The first kappa shape index (κ1) is 19.7. The van der Waals surface area contributed by atoms with Gasteiger partial charge in [0.25, 0.3) is 5.76 Å². The van der Waals surface area contributed by atoms with E-state index in [1.165, 1.54) is 0 Å². The van der Waals surface area contributed by atoms with Gasteiger partial charge in [-0.3, -0.25) is 0 Å². The van der Waals surface area contributed by atoms with Crippen molar-refractivity contribution in [2.75, 3.05) is 0 Å². The summed E-state index contributed by atoms with van der Waals surface area (Å²) in [6, 6.07) is 0. The van der Waals surface area contributed by atoms with E-state index in [-0.39, 0.29) is 5.76 Å². The molecule has 0 spiro atoms. The molecule has 0 aromatic carbocycles. The second kappa shape index (κ2) is 6.66. The first-order chi connectivity index (χ1) is 9.13. The second-order valence-electron chi connectivity index (χ2n) is 7.77. The average Bonchev–Trinajstić information content (AvgIpc) is 2.16. The molecular weight excluding hydrogens is 276 g/mol. The van der Waals surface area contributed by atoms with Crippen LogP contribution in [-0.2, 0) is 24.3 Å². The van der Waals surface area contributed by atoms with Crippen molar-refractivity contribution in [3.63, 3.8) is 0 Å². The lowest BCUT2D eigenvalue weighted by Crippen LogP contribution is -2.27. The molecule has 0 aliphatic rings. The maximum Gasteiger partial charge on any atom is 0.379 e. The second-order valence-corrected chi connectivity index (χ2v) is 7.77. The number of carboxylic acids is 1. The molecule has 0 saturated carbocycles. The van der Waals surface area contributed by atoms with Crippen molar-refractivity contribution >= 4 is 5.97 Å². The number of carbonyl (C=O) groups is 1. The zero-order valence-electron chi connectivity index (χ0n) is 14.5. The van der Waals surface area contributed by atoms with E-state index < -0.39 is 28.3 Å². The normalized spacial score (nSPS) is 14.5. The Morgan fingerprint density at radius 3 is 1.43 bits per heavy atom. The van der Waals surface area contributed by atoms with Gasteiger partial charge in [-0.25, -0.2) is 4.79 Å². The Balaban J connectivity index is 5.47. The fraction of sp³-hybridized carbons (Fsp3) is 0.800. The smallest absolute Gasteiger partial charge is 0.379 e. The molecule has 1 N–H and O–H groups in total. The zero-order valence-corrected chi connectivity index (χ0v) is 14.5. The molecule has 0 aliphatic carbocycles.